The topological polar surface area (TPSA) is 78.3 Å². The molecule has 6 nitrogen and oxygen atoms in total. The summed E-state index contributed by atoms with van der Waals surface area (Å²) in [7, 11) is 1.50. The smallest absolute Gasteiger partial charge is 0.311 e. The van der Waals surface area contributed by atoms with Crippen LogP contribution in [-0.2, 0) is 26.2 Å². The Labute approximate surface area is 239 Å². The number of hydrogen-bond acceptors (Lipinski definition) is 5. The molecule has 0 aromatic carbocycles. The zero-order chi connectivity index (χ0) is 29.3. The van der Waals surface area contributed by atoms with E-state index in [1.807, 2.05) is 6.20 Å². The highest BCUT2D eigenvalue weighted by atomic mass is 16.5. The second kappa shape index (κ2) is 8.19. The maximum Gasteiger partial charge on any atom is 0.311 e. The van der Waals surface area contributed by atoms with Gasteiger partial charge in [0.1, 0.15) is 0 Å². The zero-order valence-electron chi connectivity index (χ0n) is 26.1. The van der Waals surface area contributed by atoms with Crippen molar-refractivity contribution in [1.82, 2.24) is 9.78 Å². The normalized spacial score (nSPS) is 45.2. The Hall–Kier alpha value is -2.24. The quantitative estimate of drug-likeness (QED) is 0.365. The van der Waals surface area contributed by atoms with Crippen LogP contribution in [0.2, 0.25) is 0 Å². The van der Waals surface area contributed by atoms with Gasteiger partial charge in [-0.3, -0.25) is 14.4 Å². The Balaban J connectivity index is 1.47. The van der Waals surface area contributed by atoms with Crippen molar-refractivity contribution in [1.29, 1.82) is 0 Å². The number of nitrogens with zero attached hydrogens (tertiary/aromatic N) is 2. The first-order valence-electron chi connectivity index (χ1n) is 15.4. The molecule has 218 valence electrons. The standard InChI is InChI=1S/C34H48N2O4/c1-20(37)36-19-21-17-32(6)25(29(2,3)27(21)35-36)10-11-34(8)26(32)24(38)16-22-23-18-31(5,28(39)40-9)13-12-30(23,4)14-15-33(22,34)7/h16,19,23,25-26H,10-15,17-18H2,1-9H3/t23-,25?,26?,30+,31+,32-,33+,34+/m0/s1. The third-order valence-electron chi connectivity index (χ3n) is 13.7. The maximum absolute atomic E-state index is 14.6. The van der Waals surface area contributed by atoms with Gasteiger partial charge in [-0.25, -0.2) is 4.68 Å². The fourth-order valence-electron chi connectivity index (χ4n) is 11.2. The van der Waals surface area contributed by atoms with Crippen LogP contribution < -0.4 is 0 Å². The lowest BCUT2D eigenvalue weighted by Crippen LogP contribution is -2.66. The lowest BCUT2D eigenvalue weighted by molar-refractivity contribution is -0.174. The van der Waals surface area contributed by atoms with Crippen molar-refractivity contribution in [3.63, 3.8) is 0 Å². The number of allylic oxidation sites excluding steroid dienone is 2. The number of ether oxygens (including phenoxy) is 1. The fraction of sp³-hybridized carbons (Fsp3) is 0.765. The number of rotatable bonds is 1. The molecule has 6 heteroatoms. The summed E-state index contributed by atoms with van der Waals surface area (Å²) in [5, 5.41) is 4.76. The molecule has 0 amide bonds. The number of carbonyl (C=O) groups is 3. The maximum atomic E-state index is 14.6. The zero-order valence-corrected chi connectivity index (χ0v) is 26.1. The van der Waals surface area contributed by atoms with Crippen LogP contribution in [0.15, 0.2) is 17.8 Å². The van der Waals surface area contributed by atoms with E-state index >= 15 is 0 Å². The number of methoxy groups -OCH3 is 1. The molecular formula is C34H48N2O4. The van der Waals surface area contributed by atoms with E-state index in [1.54, 1.807) is 6.92 Å². The lowest BCUT2D eigenvalue weighted by atomic mass is 9.33. The number of esters is 1. The van der Waals surface area contributed by atoms with Crippen molar-refractivity contribution < 1.29 is 19.1 Å². The van der Waals surface area contributed by atoms with Gasteiger partial charge < -0.3 is 4.74 Å². The van der Waals surface area contributed by atoms with Crippen molar-refractivity contribution in [2.75, 3.05) is 7.11 Å². The largest absolute Gasteiger partial charge is 0.469 e. The number of fused-ring (bicyclic) bond motifs is 8. The highest BCUT2D eigenvalue weighted by Crippen LogP contribution is 2.74. The third kappa shape index (κ3) is 3.28. The number of hydrogen-bond donors (Lipinski definition) is 0. The summed E-state index contributed by atoms with van der Waals surface area (Å²) in [4.78, 5) is 39.8. The van der Waals surface area contributed by atoms with E-state index < -0.39 is 5.41 Å². The van der Waals surface area contributed by atoms with E-state index in [9.17, 15) is 14.4 Å². The molecule has 1 aromatic heterocycles. The number of aromatic nitrogens is 2. The highest BCUT2D eigenvalue weighted by molar-refractivity contribution is 5.96. The lowest BCUT2D eigenvalue weighted by Gasteiger charge is -2.69. The Morgan fingerprint density at radius 3 is 2.33 bits per heavy atom. The van der Waals surface area contributed by atoms with Crippen LogP contribution in [-0.4, -0.2) is 34.6 Å². The van der Waals surface area contributed by atoms with Gasteiger partial charge in [0.2, 0.25) is 5.91 Å². The molecule has 3 saturated carbocycles. The molecule has 8 atom stereocenters. The van der Waals surface area contributed by atoms with E-state index in [4.69, 9.17) is 9.84 Å². The number of ketones is 1. The minimum absolute atomic E-state index is 0.0753. The monoisotopic (exact) mass is 548 g/mol. The Bertz CT molecular complexity index is 1360. The molecule has 0 saturated heterocycles. The molecule has 3 fully saturated rings. The fourth-order valence-corrected chi connectivity index (χ4v) is 11.2. The summed E-state index contributed by atoms with van der Waals surface area (Å²) < 4.78 is 6.77. The molecule has 5 aliphatic carbocycles. The van der Waals surface area contributed by atoms with Gasteiger partial charge in [-0.15, -0.1) is 0 Å². The molecule has 2 unspecified atom stereocenters. The number of carbonyl (C=O) groups excluding carboxylic acids is 3. The first-order chi connectivity index (χ1) is 18.5. The summed E-state index contributed by atoms with van der Waals surface area (Å²) in [6.07, 6.45) is 11.6. The summed E-state index contributed by atoms with van der Waals surface area (Å²) >= 11 is 0. The van der Waals surface area contributed by atoms with Crippen molar-refractivity contribution in [2.45, 2.75) is 112 Å². The second-order valence-electron chi connectivity index (χ2n) is 16.1. The Morgan fingerprint density at radius 2 is 1.68 bits per heavy atom. The van der Waals surface area contributed by atoms with Crippen molar-refractivity contribution in [2.24, 2.45) is 44.8 Å². The van der Waals surface area contributed by atoms with Gasteiger partial charge in [-0.2, -0.15) is 5.10 Å². The SMILES string of the molecule is COC(=O)[C@]1(C)CC[C@]2(C)CC[C@]3(C)C(=CC(=O)C4[C@@]5(C)Cc6cn(C(C)=O)nc6C(C)(C)C5CC[C@]43C)[C@@H]2C1. The van der Waals surface area contributed by atoms with E-state index in [0.29, 0.717) is 5.92 Å². The minimum Gasteiger partial charge on any atom is -0.469 e. The van der Waals surface area contributed by atoms with E-state index in [2.05, 4.69) is 54.5 Å². The Morgan fingerprint density at radius 1 is 1.00 bits per heavy atom. The summed E-state index contributed by atoms with van der Waals surface area (Å²) in [5.74, 6) is 0.492. The molecule has 1 aromatic rings. The second-order valence-corrected chi connectivity index (χ2v) is 16.1. The first kappa shape index (κ1) is 27.9. The summed E-state index contributed by atoms with van der Waals surface area (Å²) in [6, 6.07) is 0. The van der Waals surface area contributed by atoms with Crippen molar-refractivity contribution >= 4 is 17.7 Å². The average molecular weight is 549 g/mol. The van der Waals surface area contributed by atoms with Crippen LogP contribution in [0.5, 0.6) is 0 Å². The van der Waals surface area contributed by atoms with Crippen LogP contribution >= 0.6 is 0 Å². The first-order valence-corrected chi connectivity index (χ1v) is 15.4. The molecule has 5 aliphatic rings. The van der Waals surface area contributed by atoms with Gasteiger partial charge in [0.05, 0.1) is 18.2 Å². The molecule has 40 heavy (non-hydrogen) atoms. The van der Waals surface area contributed by atoms with E-state index in [-0.39, 0.29) is 56.6 Å². The van der Waals surface area contributed by atoms with Crippen LogP contribution in [0.25, 0.3) is 0 Å². The van der Waals surface area contributed by atoms with Gasteiger partial charge in [0.15, 0.2) is 5.78 Å². The molecule has 0 radical (unpaired) electrons. The Kier molecular flexibility index (Phi) is 5.71. The van der Waals surface area contributed by atoms with Gasteiger partial charge in [0.25, 0.3) is 0 Å². The van der Waals surface area contributed by atoms with Crippen molar-refractivity contribution in [3.8, 4) is 0 Å². The predicted octanol–water partition coefficient (Wildman–Crippen LogP) is 6.71. The van der Waals surface area contributed by atoms with Crippen LogP contribution in [0.4, 0.5) is 0 Å². The van der Waals surface area contributed by atoms with Gasteiger partial charge >= 0.3 is 5.97 Å². The molecule has 0 spiro atoms. The third-order valence-corrected chi connectivity index (χ3v) is 13.7. The molecule has 1 heterocycles. The predicted molar refractivity (Wildman–Crippen MR) is 154 cm³/mol. The molecule has 0 bridgehead atoms. The molecular weight excluding hydrogens is 500 g/mol. The summed E-state index contributed by atoms with van der Waals surface area (Å²) in [5.41, 5.74) is 2.30. The van der Waals surface area contributed by atoms with Gasteiger partial charge in [-0.1, -0.05) is 47.1 Å². The summed E-state index contributed by atoms with van der Waals surface area (Å²) in [6.45, 7) is 17.8. The van der Waals surface area contributed by atoms with E-state index in [0.717, 1.165) is 62.6 Å². The van der Waals surface area contributed by atoms with Gasteiger partial charge in [-0.05, 0) is 103 Å². The van der Waals surface area contributed by atoms with E-state index in [1.165, 1.54) is 17.4 Å². The molecule has 0 N–H and O–H groups in total. The van der Waals surface area contributed by atoms with Gasteiger partial charge in [0, 0.05) is 24.5 Å². The average Bonchev–Trinajstić information content (AvgIpc) is 3.30. The van der Waals surface area contributed by atoms with Crippen LogP contribution in [0, 0.1) is 44.8 Å². The molecule has 0 aliphatic heterocycles. The molecule has 6 rings (SSSR count). The minimum atomic E-state index is -0.511. The highest BCUT2D eigenvalue weighted by Gasteiger charge is 2.70. The van der Waals surface area contributed by atoms with Crippen LogP contribution in [0.1, 0.15) is 116 Å². The van der Waals surface area contributed by atoms with Crippen LogP contribution in [0.3, 0.4) is 0 Å². The van der Waals surface area contributed by atoms with Crippen molar-refractivity contribution in [3.05, 3.63) is 29.1 Å².